The summed E-state index contributed by atoms with van der Waals surface area (Å²) in [6, 6.07) is 14.8. The number of aryl methyl sites for hydroxylation is 1. The molecule has 0 aliphatic rings. The van der Waals surface area contributed by atoms with E-state index in [-0.39, 0.29) is 6.04 Å². The van der Waals surface area contributed by atoms with E-state index >= 15 is 0 Å². The van der Waals surface area contributed by atoms with Crippen LogP contribution in [-0.4, -0.2) is 9.55 Å². The molecule has 20 heavy (non-hydrogen) atoms. The SMILES string of the molecule is C[C@@H](NCc1cn(C)c2ccccc12)c1ccccn1. The zero-order valence-corrected chi connectivity index (χ0v) is 11.9. The summed E-state index contributed by atoms with van der Waals surface area (Å²) in [5.41, 5.74) is 3.67. The molecular formula is C17H19N3. The monoisotopic (exact) mass is 265 g/mol. The average molecular weight is 265 g/mol. The summed E-state index contributed by atoms with van der Waals surface area (Å²) in [5, 5.41) is 4.86. The third kappa shape index (κ3) is 2.45. The fraction of sp³-hybridized carbons (Fsp3) is 0.235. The van der Waals surface area contributed by atoms with Crippen LogP contribution in [0.15, 0.2) is 54.9 Å². The number of hydrogen-bond donors (Lipinski definition) is 1. The Morgan fingerprint density at radius 2 is 1.95 bits per heavy atom. The van der Waals surface area contributed by atoms with Crippen LogP contribution in [-0.2, 0) is 13.6 Å². The van der Waals surface area contributed by atoms with E-state index in [1.807, 2.05) is 18.3 Å². The van der Waals surface area contributed by atoms with Crippen LogP contribution in [0.3, 0.4) is 0 Å². The van der Waals surface area contributed by atoms with Crippen LogP contribution in [0.25, 0.3) is 10.9 Å². The van der Waals surface area contributed by atoms with E-state index in [2.05, 4.69) is 65.4 Å². The van der Waals surface area contributed by atoms with Crippen LogP contribution in [0, 0.1) is 0 Å². The van der Waals surface area contributed by atoms with Crippen LogP contribution >= 0.6 is 0 Å². The Hall–Kier alpha value is -2.13. The van der Waals surface area contributed by atoms with Crippen LogP contribution in [0.1, 0.15) is 24.2 Å². The molecule has 0 saturated carbocycles. The fourth-order valence-electron chi connectivity index (χ4n) is 2.57. The zero-order valence-electron chi connectivity index (χ0n) is 11.9. The van der Waals surface area contributed by atoms with Crippen molar-refractivity contribution in [2.45, 2.75) is 19.5 Å². The number of hydrogen-bond acceptors (Lipinski definition) is 2. The molecule has 0 aliphatic carbocycles. The Bertz CT molecular complexity index is 701. The normalized spacial score (nSPS) is 12.7. The molecule has 1 aromatic carbocycles. The van der Waals surface area contributed by atoms with Crippen LogP contribution < -0.4 is 5.32 Å². The van der Waals surface area contributed by atoms with E-state index in [9.17, 15) is 0 Å². The predicted molar refractivity (Wildman–Crippen MR) is 82.4 cm³/mol. The molecule has 0 spiro atoms. The van der Waals surface area contributed by atoms with Crippen LogP contribution in [0.4, 0.5) is 0 Å². The average Bonchev–Trinajstić information content (AvgIpc) is 2.83. The fourth-order valence-corrected chi connectivity index (χ4v) is 2.57. The van der Waals surface area contributed by atoms with E-state index in [1.54, 1.807) is 0 Å². The van der Waals surface area contributed by atoms with Gasteiger partial charge in [-0.15, -0.1) is 0 Å². The van der Waals surface area contributed by atoms with Crippen molar-refractivity contribution in [1.29, 1.82) is 0 Å². The van der Waals surface area contributed by atoms with E-state index in [4.69, 9.17) is 0 Å². The van der Waals surface area contributed by atoms with Gasteiger partial charge in [0.1, 0.15) is 0 Å². The first-order valence-corrected chi connectivity index (χ1v) is 6.93. The second kappa shape index (κ2) is 5.47. The molecule has 3 rings (SSSR count). The summed E-state index contributed by atoms with van der Waals surface area (Å²) >= 11 is 0. The molecule has 0 saturated heterocycles. The number of nitrogens with one attached hydrogen (secondary N) is 1. The number of benzene rings is 1. The number of rotatable bonds is 4. The van der Waals surface area contributed by atoms with Crippen molar-refractivity contribution in [2.24, 2.45) is 7.05 Å². The Morgan fingerprint density at radius 3 is 2.75 bits per heavy atom. The molecule has 102 valence electrons. The second-order valence-electron chi connectivity index (χ2n) is 5.14. The lowest BCUT2D eigenvalue weighted by Crippen LogP contribution is -2.18. The van der Waals surface area contributed by atoms with Gasteiger partial charge in [0.05, 0.1) is 5.69 Å². The lowest BCUT2D eigenvalue weighted by Gasteiger charge is -2.12. The summed E-state index contributed by atoms with van der Waals surface area (Å²) in [4.78, 5) is 4.39. The number of pyridine rings is 1. The molecule has 3 aromatic rings. The lowest BCUT2D eigenvalue weighted by molar-refractivity contribution is 0.562. The highest BCUT2D eigenvalue weighted by Gasteiger charge is 2.09. The Labute approximate surface area is 119 Å². The second-order valence-corrected chi connectivity index (χ2v) is 5.14. The van der Waals surface area contributed by atoms with Crippen molar-refractivity contribution >= 4 is 10.9 Å². The summed E-state index contributed by atoms with van der Waals surface area (Å²) in [5.74, 6) is 0. The van der Waals surface area contributed by atoms with Crippen molar-refractivity contribution in [3.05, 3.63) is 66.1 Å². The minimum Gasteiger partial charge on any atom is -0.350 e. The van der Waals surface area contributed by atoms with Gasteiger partial charge in [0.2, 0.25) is 0 Å². The molecule has 3 nitrogen and oxygen atoms in total. The minimum absolute atomic E-state index is 0.246. The molecule has 2 aromatic heterocycles. The summed E-state index contributed by atoms with van der Waals surface area (Å²) in [6.45, 7) is 2.99. The molecule has 1 atom stereocenters. The van der Waals surface area contributed by atoms with Gasteiger partial charge in [0, 0.05) is 42.9 Å². The first kappa shape index (κ1) is 12.9. The molecule has 0 bridgehead atoms. The van der Waals surface area contributed by atoms with Crippen molar-refractivity contribution in [3.8, 4) is 0 Å². The molecule has 1 N–H and O–H groups in total. The Kier molecular flexibility index (Phi) is 3.52. The van der Waals surface area contributed by atoms with E-state index in [1.165, 1.54) is 16.5 Å². The van der Waals surface area contributed by atoms with Gasteiger partial charge in [0.25, 0.3) is 0 Å². The maximum Gasteiger partial charge on any atom is 0.0570 e. The highest BCUT2D eigenvalue weighted by molar-refractivity contribution is 5.83. The molecule has 2 heterocycles. The zero-order chi connectivity index (χ0) is 13.9. The van der Waals surface area contributed by atoms with Crippen molar-refractivity contribution in [2.75, 3.05) is 0 Å². The third-order valence-electron chi connectivity index (χ3n) is 3.71. The smallest absolute Gasteiger partial charge is 0.0570 e. The molecule has 0 aliphatic heterocycles. The predicted octanol–water partition coefficient (Wildman–Crippen LogP) is 3.42. The molecule has 0 radical (unpaired) electrons. The summed E-state index contributed by atoms with van der Waals surface area (Å²) in [7, 11) is 2.09. The van der Waals surface area contributed by atoms with Crippen molar-refractivity contribution < 1.29 is 0 Å². The van der Waals surface area contributed by atoms with Gasteiger partial charge in [-0.3, -0.25) is 4.98 Å². The molecule has 3 heteroatoms. The largest absolute Gasteiger partial charge is 0.350 e. The van der Waals surface area contributed by atoms with Gasteiger partial charge in [-0.1, -0.05) is 24.3 Å². The molecule has 0 amide bonds. The van der Waals surface area contributed by atoms with Gasteiger partial charge in [-0.05, 0) is 30.7 Å². The molecule has 0 unspecified atom stereocenters. The van der Waals surface area contributed by atoms with Gasteiger partial charge in [-0.25, -0.2) is 0 Å². The quantitative estimate of drug-likeness (QED) is 0.783. The number of aromatic nitrogens is 2. The van der Waals surface area contributed by atoms with E-state index < -0.39 is 0 Å². The number of para-hydroxylation sites is 1. The first-order chi connectivity index (χ1) is 9.75. The third-order valence-corrected chi connectivity index (χ3v) is 3.71. The van der Waals surface area contributed by atoms with Crippen LogP contribution in [0.2, 0.25) is 0 Å². The van der Waals surface area contributed by atoms with Crippen molar-refractivity contribution in [3.63, 3.8) is 0 Å². The maximum atomic E-state index is 4.39. The number of nitrogens with zero attached hydrogens (tertiary/aromatic N) is 2. The van der Waals surface area contributed by atoms with E-state index in [0.717, 1.165) is 12.2 Å². The number of fused-ring (bicyclic) bond motifs is 1. The maximum absolute atomic E-state index is 4.39. The summed E-state index contributed by atoms with van der Waals surface area (Å²) < 4.78 is 2.18. The Balaban J connectivity index is 1.77. The molecule has 0 fully saturated rings. The highest BCUT2D eigenvalue weighted by atomic mass is 15.0. The molecular weight excluding hydrogens is 246 g/mol. The van der Waals surface area contributed by atoms with Gasteiger partial charge in [-0.2, -0.15) is 0 Å². The Morgan fingerprint density at radius 1 is 1.15 bits per heavy atom. The highest BCUT2D eigenvalue weighted by Crippen LogP contribution is 2.21. The van der Waals surface area contributed by atoms with Crippen LogP contribution in [0.5, 0.6) is 0 Å². The van der Waals surface area contributed by atoms with E-state index in [0.29, 0.717) is 0 Å². The minimum atomic E-state index is 0.246. The van der Waals surface area contributed by atoms with Gasteiger partial charge >= 0.3 is 0 Å². The topological polar surface area (TPSA) is 29.9 Å². The van der Waals surface area contributed by atoms with Gasteiger partial charge < -0.3 is 9.88 Å². The summed E-state index contributed by atoms with van der Waals surface area (Å²) in [6.07, 6.45) is 4.04. The van der Waals surface area contributed by atoms with Crippen molar-refractivity contribution in [1.82, 2.24) is 14.9 Å². The first-order valence-electron chi connectivity index (χ1n) is 6.93. The lowest BCUT2D eigenvalue weighted by atomic mass is 10.1. The standard InChI is InChI=1S/C17H19N3/c1-13(16-8-5-6-10-18-16)19-11-14-12-20(2)17-9-4-3-7-15(14)17/h3-10,12-13,19H,11H2,1-2H3/t13-/m1/s1. The van der Waals surface area contributed by atoms with Gasteiger partial charge in [0.15, 0.2) is 0 Å².